The first-order valence-corrected chi connectivity index (χ1v) is 9.82. The third kappa shape index (κ3) is 3.85. The van der Waals surface area contributed by atoms with Crippen LogP contribution in [0.25, 0.3) is 0 Å². The van der Waals surface area contributed by atoms with Crippen LogP contribution in [0.3, 0.4) is 0 Å². The molecule has 0 fully saturated rings. The van der Waals surface area contributed by atoms with Crippen molar-refractivity contribution in [2.24, 2.45) is 0 Å². The Bertz CT molecular complexity index is 876. The van der Waals surface area contributed by atoms with E-state index in [0.717, 1.165) is 24.1 Å². The Morgan fingerprint density at radius 2 is 1.84 bits per heavy atom. The summed E-state index contributed by atoms with van der Waals surface area (Å²) in [4.78, 5) is 14.5. The van der Waals surface area contributed by atoms with Gasteiger partial charge < -0.3 is 4.90 Å². The molecular weight excluding hydrogens is 336 g/mol. The van der Waals surface area contributed by atoms with E-state index < -0.39 is 15.9 Å². The highest BCUT2D eigenvalue weighted by atomic mass is 32.2. The van der Waals surface area contributed by atoms with Crippen LogP contribution in [0.4, 0.5) is 5.69 Å². The van der Waals surface area contributed by atoms with Gasteiger partial charge in [0.05, 0.1) is 11.4 Å². The fraction of sp³-hybridized carbons (Fsp3) is 0.316. The minimum Gasteiger partial charge on any atom is -0.359 e. The maximum absolute atomic E-state index is 12.4. The standard InChI is InChI=1S/C19H22N2O3S/c1-14-7-11-17(12-8-14)25(23,24)20-19(22)13-21-15(2)9-10-16-5-3-4-6-18(16)21/h3-8,11-12,15H,9-10,13H2,1-2H3,(H,20,22). The van der Waals surface area contributed by atoms with E-state index in [2.05, 4.69) is 17.7 Å². The zero-order valence-corrected chi connectivity index (χ0v) is 15.2. The lowest BCUT2D eigenvalue weighted by atomic mass is 9.97. The van der Waals surface area contributed by atoms with Crippen LogP contribution in [0, 0.1) is 6.92 Å². The normalized spacial score (nSPS) is 17.0. The molecule has 2 aromatic rings. The van der Waals surface area contributed by atoms with Crippen LogP contribution in [0.1, 0.15) is 24.5 Å². The number of hydrogen-bond acceptors (Lipinski definition) is 4. The van der Waals surface area contributed by atoms with Gasteiger partial charge in [-0.3, -0.25) is 4.79 Å². The molecule has 6 heteroatoms. The molecule has 0 saturated carbocycles. The van der Waals surface area contributed by atoms with Crippen LogP contribution in [0.15, 0.2) is 53.4 Å². The van der Waals surface area contributed by atoms with Crippen LogP contribution < -0.4 is 9.62 Å². The van der Waals surface area contributed by atoms with E-state index in [1.165, 1.54) is 17.7 Å². The zero-order valence-electron chi connectivity index (χ0n) is 14.4. The van der Waals surface area contributed by atoms with Crippen molar-refractivity contribution in [2.75, 3.05) is 11.4 Å². The molecule has 0 saturated heterocycles. The van der Waals surface area contributed by atoms with E-state index in [9.17, 15) is 13.2 Å². The Hall–Kier alpha value is -2.34. The van der Waals surface area contributed by atoms with Gasteiger partial charge in [-0.1, -0.05) is 35.9 Å². The summed E-state index contributed by atoms with van der Waals surface area (Å²) in [7, 11) is -3.85. The van der Waals surface area contributed by atoms with Crippen LogP contribution >= 0.6 is 0 Å². The summed E-state index contributed by atoms with van der Waals surface area (Å²) in [5.74, 6) is -0.524. The maximum atomic E-state index is 12.4. The molecule has 1 unspecified atom stereocenters. The Morgan fingerprint density at radius 1 is 1.16 bits per heavy atom. The number of sulfonamides is 1. The fourth-order valence-corrected chi connectivity index (χ4v) is 4.09. The van der Waals surface area contributed by atoms with Gasteiger partial charge in [0.15, 0.2) is 0 Å². The van der Waals surface area contributed by atoms with E-state index in [1.807, 2.05) is 30.0 Å². The van der Waals surface area contributed by atoms with Gasteiger partial charge in [-0.05, 0) is 50.5 Å². The molecule has 132 valence electrons. The first kappa shape index (κ1) is 17.5. The van der Waals surface area contributed by atoms with Crippen molar-refractivity contribution < 1.29 is 13.2 Å². The van der Waals surface area contributed by atoms with Gasteiger partial charge in [-0.2, -0.15) is 0 Å². The van der Waals surface area contributed by atoms with Gasteiger partial charge in [0.2, 0.25) is 0 Å². The number of rotatable bonds is 4. The fourth-order valence-electron chi connectivity index (χ4n) is 3.11. The second kappa shape index (κ2) is 6.88. The van der Waals surface area contributed by atoms with E-state index in [-0.39, 0.29) is 17.5 Å². The van der Waals surface area contributed by atoms with Gasteiger partial charge in [-0.15, -0.1) is 0 Å². The van der Waals surface area contributed by atoms with Gasteiger partial charge in [0, 0.05) is 11.7 Å². The maximum Gasteiger partial charge on any atom is 0.264 e. The van der Waals surface area contributed by atoms with Gasteiger partial charge >= 0.3 is 0 Å². The van der Waals surface area contributed by atoms with Crippen molar-refractivity contribution in [1.82, 2.24) is 4.72 Å². The van der Waals surface area contributed by atoms with Crippen LogP contribution in [-0.4, -0.2) is 26.9 Å². The van der Waals surface area contributed by atoms with Gasteiger partial charge in [-0.25, -0.2) is 13.1 Å². The number of benzene rings is 2. The molecular formula is C19H22N2O3S. The SMILES string of the molecule is Cc1ccc(S(=O)(=O)NC(=O)CN2c3ccccc3CCC2C)cc1. The van der Waals surface area contributed by atoms with E-state index in [1.54, 1.807) is 12.1 Å². The largest absolute Gasteiger partial charge is 0.359 e. The number of hydrogen-bond donors (Lipinski definition) is 1. The number of nitrogens with zero attached hydrogens (tertiary/aromatic N) is 1. The summed E-state index contributed by atoms with van der Waals surface area (Å²) in [6, 6.07) is 14.6. The molecule has 0 radical (unpaired) electrons. The molecule has 1 aliphatic rings. The number of amides is 1. The third-order valence-electron chi connectivity index (χ3n) is 4.56. The van der Waals surface area contributed by atoms with Gasteiger partial charge in [0.25, 0.3) is 15.9 Å². The summed E-state index contributed by atoms with van der Waals surface area (Å²) in [5.41, 5.74) is 3.16. The molecule has 2 aromatic carbocycles. The van der Waals surface area contributed by atoms with Crippen LogP contribution in [0.2, 0.25) is 0 Å². The van der Waals surface area contributed by atoms with Crippen molar-refractivity contribution in [3.63, 3.8) is 0 Å². The first-order chi connectivity index (χ1) is 11.9. The van der Waals surface area contributed by atoms with Gasteiger partial charge in [0.1, 0.15) is 0 Å². The van der Waals surface area contributed by atoms with E-state index in [4.69, 9.17) is 0 Å². The molecule has 1 N–H and O–H groups in total. The molecule has 0 aliphatic carbocycles. The highest BCUT2D eigenvalue weighted by molar-refractivity contribution is 7.90. The molecule has 3 rings (SSSR count). The van der Waals surface area contributed by atoms with Crippen molar-refractivity contribution >= 4 is 21.6 Å². The molecule has 1 amide bonds. The zero-order chi connectivity index (χ0) is 18.0. The van der Waals surface area contributed by atoms with E-state index >= 15 is 0 Å². The second-order valence-electron chi connectivity index (χ2n) is 6.49. The Labute approximate surface area is 148 Å². The lowest BCUT2D eigenvalue weighted by Gasteiger charge is -2.36. The predicted octanol–water partition coefficient (Wildman–Crippen LogP) is 2.64. The Morgan fingerprint density at radius 3 is 2.56 bits per heavy atom. The van der Waals surface area contributed by atoms with Crippen molar-refractivity contribution in [3.05, 3.63) is 59.7 Å². The Kier molecular flexibility index (Phi) is 4.81. The number of carbonyl (C=O) groups is 1. The summed E-state index contributed by atoms with van der Waals surface area (Å²) >= 11 is 0. The molecule has 1 atom stereocenters. The Balaban J connectivity index is 1.75. The van der Waals surface area contributed by atoms with Crippen LogP contribution in [0.5, 0.6) is 0 Å². The molecule has 1 heterocycles. The average Bonchev–Trinajstić information content (AvgIpc) is 2.57. The highest BCUT2D eigenvalue weighted by Crippen LogP contribution is 2.30. The molecule has 5 nitrogen and oxygen atoms in total. The molecule has 0 bridgehead atoms. The van der Waals surface area contributed by atoms with E-state index in [0.29, 0.717) is 0 Å². The number of fused-ring (bicyclic) bond motifs is 1. The van der Waals surface area contributed by atoms with Crippen LogP contribution in [-0.2, 0) is 21.2 Å². The quantitative estimate of drug-likeness (QED) is 0.912. The molecule has 25 heavy (non-hydrogen) atoms. The monoisotopic (exact) mass is 358 g/mol. The molecule has 0 aromatic heterocycles. The second-order valence-corrected chi connectivity index (χ2v) is 8.17. The third-order valence-corrected chi connectivity index (χ3v) is 5.95. The lowest BCUT2D eigenvalue weighted by Crippen LogP contribution is -2.45. The molecule has 1 aliphatic heterocycles. The average molecular weight is 358 g/mol. The summed E-state index contributed by atoms with van der Waals surface area (Å²) in [6.07, 6.45) is 1.91. The van der Waals surface area contributed by atoms with Crippen molar-refractivity contribution in [2.45, 2.75) is 37.6 Å². The van der Waals surface area contributed by atoms with Crippen molar-refractivity contribution in [3.8, 4) is 0 Å². The highest BCUT2D eigenvalue weighted by Gasteiger charge is 2.26. The summed E-state index contributed by atoms with van der Waals surface area (Å²) in [6.45, 7) is 3.95. The predicted molar refractivity (Wildman–Crippen MR) is 98.1 cm³/mol. The number of anilines is 1. The van der Waals surface area contributed by atoms with Crippen molar-refractivity contribution in [1.29, 1.82) is 0 Å². The summed E-state index contributed by atoms with van der Waals surface area (Å²) in [5, 5.41) is 0. The topological polar surface area (TPSA) is 66.5 Å². The minimum atomic E-state index is -3.85. The first-order valence-electron chi connectivity index (χ1n) is 8.34. The summed E-state index contributed by atoms with van der Waals surface area (Å²) < 4.78 is 26.9. The number of nitrogens with one attached hydrogen (secondary N) is 1. The molecule has 0 spiro atoms. The number of para-hydroxylation sites is 1. The smallest absolute Gasteiger partial charge is 0.264 e. The number of aryl methyl sites for hydroxylation is 2. The lowest BCUT2D eigenvalue weighted by molar-refractivity contribution is -0.118. The number of carbonyl (C=O) groups excluding carboxylic acids is 1. The minimum absolute atomic E-state index is 0.0171.